The predicted molar refractivity (Wildman–Crippen MR) is 101 cm³/mol. The third kappa shape index (κ3) is 2.74. The molecule has 2 aliphatic rings. The maximum absolute atomic E-state index is 13.1. The molecule has 0 N–H and O–H groups in total. The number of rotatable bonds is 3. The number of carbonyl (C=O) groups excluding carboxylic acids is 2. The van der Waals surface area contributed by atoms with Crippen LogP contribution in [0.2, 0.25) is 0 Å². The first-order valence-electron chi connectivity index (χ1n) is 9.49. The van der Waals surface area contributed by atoms with Gasteiger partial charge in [0.15, 0.2) is 5.58 Å². The van der Waals surface area contributed by atoms with Crippen molar-refractivity contribution in [2.45, 2.75) is 19.4 Å². The molecule has 7 nitrogen and oxygen atoms in total. The monoisotopic (exact) mass is 376 g/mol. The molecule has 1 unspecified atom stereocenters. The molecule has 1 aromatic carbocycles. The maximum atomic E-state index is 13.1. The van der Waals surface area contributed by atoms with Crippen LogP contribution < -0.4 is 0 Å². The van der Waals surface area contributed by atoms with Gasteiger partial charge in [-0.05, 0) is 37.1 Å². The summed E-state index contributed by atoms with van der Waals surface area (Å²) in [5.74, 6) is -0.0379. The van der Waals surface area contributed by atoms with Crippen molar-refractivity contribution in [2.24, 2.45) is 5.41 Å². The molecule has 3 aromatic rings. The number of fused-ring (bicyclic) bond motifs is 1. The summed E-state index contributed by atoms with van der Waals surface area (Å²) >= 11 is 0. The van der Waals surface area contributed by atoms with Crippen molar-refractivity contribution < 1.29 is 14.0 Å². The third-order valence-electron chi connectivity index (χ3n) is 5.80. The van der Waals surface area contributed by atoms with Gasteiger partial charge in [-0.15, -0.1) is 0 Å². The molecule has 2 saturated heterocycles. The predicted octanol–water partition coefficient (Wildman–Crippen LogP) is 2.49. The molecule has 0 radical (unpaired) electrons. The zero-order valence-corrected chi connectivity index (χ0v) is 15.4. The van der Waals surface area contributed by atoms with Gasteiger partial charge in [-0.2, -0.15) is 0 Å². The highest BCUT2D eigenvalue weighted by Gasteiger charge is 2.52. The number of amides is 2. The summed E-state index contributed by atoms with van der Waals surface area (Å²) in [6.45, 7) is 2.17. The third-order valence-corrected chi connectivity index (χ3v) is 5.80. The first-order chi connectivity index (χ1) is 13.6. The Balaban J connectivity index is 1.31. The van der Waals surface area contributed by atoms with E-state index in [9.17, 15) is 9.59 Å². The number of pyridine rings is 1. The lowest BCUT2D eigenvalue weighted by molar-refractivity contribution is -0.136. The van der Waals surface area contributed by atoms with E-state index in [2.05, 4.69) is 9.97 Å². The summed E-state index contributed by atoms with van der Waals surface area (Å²) in [4.78, 5) is 38.1. The molecule has 5 rings (SSSR count). The summed E-state index contributed by atoms with van der Waals surface area (Å²) < 4.78 is 5.61. The lowest BCUT2D eigenvalue weighted by Crippen LogP contribution is -2.38. The van der Waals surface area contributed by atoms with Crippen LogP contribution in [-0.2, 0) is 11.3 Å². The van der Waals surface area contributed by atoms with Gasteiger partial charge in [-0.1, -0.05) is 18.2 Å². The van der Waals surface area contributed by atoms with Crippen LogP contribution in [0.5, 0.6) is 0 Å². The lowest BCUT2D eigenvalue weighted by Gasteiger charge is -2.23. The number of likely N-dealkylation sites (tertiary alicyclic amines) is 2. The van der Waals surface area contributed by atoms with Crippen LogP contribution >= 0.6 is 0 Å². The lowest BCUT2D eigenvalue weighted by atomic mass is 9.85. The largest absolute Gasteiger partial charge is 0.432 e. The van der Waals surface area contributed by atoms with E-state index in [-0.39, 0.29) is 17.7 Å². The first kappa shape index (κ1) is 16.9. The second kappa shape index (κ2) is 6.44. The first-order valence-corrected chi connectivity index (χ1v) is 9.49. The van der Waals surface area contributed by atoms with E-state index in [1.54, 1.807) is 17.2 Å². The van der Waals surface area contributed by atoms with Crippen LogP contribution in [0.4, 0.5) is 0 Å². The summed E-state index contributed by atoms with van der Waals surface area (Å²) in [5, 5.41) is 0. The second-order valence-corrected chi connectivity index (χ2v) is 7.54. The van der Waals surface area contributed by atoms with Crippen LogP contribution in [0.3, 0.4) is 0 Å². The Labute approximate surface area is 162 Å². The molecule has 2 fully saturated rings. The van der Waals surface area contributed by atoms with Gasteiger partial charge in [0.2, 0.25) is 5.91 Å². The summed E-state index contributed by atoms with van der Waals surface area (Å²) in [5.41, 5.74) is 1.65. The maximum Gasteiger partial charge on any atom is 0.309 e. The van der Waals surface area contributed by atoms with Gasteiger partial charge in [0, 0.05) is 25.8 Å². The Hall–Kier alpha value is -3.22. The van der Waals surface area contributed by atoms with E-state index in [1.807, 2.05) is 41.3 Å². The van der Waals surface area contributed by atoms with E-state index in [0.717, 1.165) is 12.1 Å². The molecule has 2 aliphatic heterocycles. The highest BCUT2D eigenvalue weighted by Crippen LogP contribution is 2.41. The number of aromatic nitrogens is 2. The fourth-order valence-electron chi connectivity index (χ4n) is 4.25. The van der Waals surface area contributed by atoms with E-state index >= 15 is 0 Å². The van der Waals surface area contributed by atoms with Crippen molar-refractivity contribution in [3.05, 3.63) is 60.2 Å². The second-order valence-electron chi connectivity index (χ2n) is 7.54. The smallest absolute Gasteiger partial charge is 0.309 e. The normalized spacial score (nSPS) is 21.9. The van der Waals surface area contributed by atoms with Crippen LogP contribution in [0.1, 0.15) is 29.2 Å². The Bertz CT molecular complexity index is 1020. The fraction of sp³-hybridized carbons (Fsp3) is 0.333. The van der Waals surface area contributed by atoms with Crippen molar-refractivity contribution >= 4 is 22.9 Å². The number of carbonyl (C=O) groups is 2. The number of hydrogen-bond donors (Lipinski definition) is 0. The molecule has 0 aliphatic carbocycles. The standard InChI is InChI=1S/C21H20N4O3/c26-19(18-23-16-6-1-2-7-17(16)28-18)25-12-9-21(14-25)8-11-24(20(21)27)13-15-5-3-4-10-22-15/h1-7,10H,8-9,11-14H2. The average Bonchev–Trinajstić information content (AvgIpc) is 3.42. The highest BCUT2D eigenvalue weighted by molar-refractivity contribution is 5.94. The molecule has 28 heavy (non-hydrogen) atoms. The molecule has 7 heteroatoms. The number of nitrogens with zero attached hydrogens (tertiary/aromatic N) is 4. The molecule has 0 bridgehead atoms. The summed E-state index contributed by atoms with van der Waals surface area (Å²) in [7, 11) is 0. The van der Waals surface area contributed by atoms with Crippen molar-refractivity contribution in [3.63, 3.8) is 0 Å². The molecule has 1 atom stereocenters. The van der Waals surface area contributed by atoms with E-state index < -0.39 is 5.41 Å². The Morgan fingerprint density at radius 2 is 1.93 bits per heavy atom. The van der Waals surface area contributed by atoms with Gasteiger partial charge < -0.3 is 14.2 Å². The molecule has 0 saturated carbocycles. The van der Waals surface area contributed by atoms with Crippen LogP contribution in [-0.4, -0.2) is 51.2 Å². The van der Waals surface area contributed by atoms with Gasteiger partial charge in [0.25, 0.3) is 5.89 Å². The minimum atomic E-state index is -0.490. The fourth-order valence-corrected chi connectivity index (χ4v) is 4.25. The van der Waals surface area contributed by atoms with E-state index in [1.165, 1.54) is 0 Å². The van der Waals surface area contributed by atoms with Crippen LogP contribution in [0, 0.1) is 5.41 Å². The number of para-hydroxylation sites is 2. The van der Waals surface area contributed by atoms with Crippen molar-refractivity contribution in [1.82, 2.24) is 19.8 Å². The Kier molecular flexibility index (Phi) is 3.89. The molecule has 1 spiro atoms. The minimum absolute atomic E-state index is 0.0917. The number of oxazole rings is 1. The molecule has 2 aromatic heterocycles. The van der Waals surface area contributed by atoms with E-state index in [0.29, 0.717) is 43.7 Å². The highest BCUT2D eigenvalue weighted by atomic mass is 16.4. The van der Waals surface area contributed by atoms with Gasteiger partial charge in [0.1, 0.15) is 5.52 Å². The Morgan fingerprint density at radius 3 is 2.75 bits per heavy atom. The summed E-state index contributed by atoms with van der Waals surface area (Å²) in [6, 6.07) is 13.0. The number of hydrogen-bond acceptors (Lipinski definition) is 5. The molecule has 2 amide bonds. The van der Waals surface area contributed by atoms with Crippen molar-refractivity contribution in [3.8, 4) is 0 Å². The topological polar surface area (TPSA) is 79.5 Å². The van der Waals surface area contributed by atoms with E-state index in [4.69, 9.17) is 4.42 Å². The van der Waals surface area contributed by atoms with Gasteiger partial charge >= 0.3 is 5.91 Å². The van der Waals surface area contributed by atoms with Gasteiger partial charge in [-0.3, -0.25) is 14.6 Å². The van der Waals surface area contributed by atoms with Gasteiger partial charge in [0.05, 0.1) is 17.7 Å². The summed E-state index contributed by atoms with van der Waals surface area (Å²) in [6.07, 6.45) is 3.18. The van der Waals surface area contributed by atoms with Crippen molar-refractivity contribution in [1.29, 1.82) is 0 Å². The zero-order chi connectivity index (χ0) is 19.1. The zero-order valence-electron chi connectivity index (χ0n) is 15.4. The van der Waals surface area contributed by atoms with Crippen LogP contribution in [0.15, 0.2) is 53.1 Å². The SMILES string of the molecule is O=C(c1nc2ccccc2o1)N1CCC2(CCN(Cc3ccccn3)C2=O)C1. The average molecular weight is 376 g/mol. The molecular formula is C21H20N4O3. The Morgan fingerprint density at radius 1 is 1.11 bits per heavy atom. The quantitative estimate of drug-likeness (QED) is 0.702. The molecular weight excluding hydrogens is 356 g/mol. The van der Waals surface area contributed by atoms with Crippen LogP contribution in [0.25, 0.3) is 11.1 Å². The number of benzene rings is 1. The van der Waals surface area contributed by atoms with Gasteiger partial charge in [-0.25, -0.2) is 4.98 Å². The van der Waals surface area contributed by atoms with Crippen molar-refractivity contribution in [2.75, 3.05) is 19.6 Å². The molecule has 4 heterocycles. The minimum Gasteiger partial charge on any atom is -0.432 e. The molecule has 142 valence electrons.